The predicted molar refractivity (Wildman–Crippen MR) is 92.8 cm³/mol. The van der Waals surface area contributed by atoms with Crippen LogP contribution >= 0.6 is 23.4 Å². The second kappa shape index (κ2) is 8.70. The van der Waals surface area contributed by atoms with Gasteiger partial charge in [0.1, 0.15) is 5.82 Å². The summed E-state index contributed by atoms with van der Waals surface area (Å²) in [5, 5.41) is 3.09. The zero-order valence-electron chi connectivity index (χ0n) is 12.8. The summed E-state index contributed by atoms with van der Waals surface area (Å²) < 4.78 is 18.5. The third kappa shape index (κ3) is 5.54. The van der Waals surface area contributed by atoms with Crippen LogP contribution in [0.1, 0.15) is 6.92 Å². The van der Waals surface area contributed by atoms with E-state index in [9.17, 15) is 14.0 Å². The van der Waals surface area contributed by atoms with Crippen molar-refractivity contribution < 1.29 is 18.7 Å². The lowest BCUT2D eigenvalue weighted by Gasteiger charge is -2.13. The van der Waals surface area contributed by atoms with E-state index in [1.54, 1.807) is 42.5 Å². The maximum Gasteiger partial charge on any atom is 0.317 e. The molecule has 24 heavy (non-hydrogen) atoms. The monoisotopic (exact) mass is 367 g/mol. The topological polar surface area (TPSA) is 55.4 Å². The summed E-state index contributed by atoms with van der Waals surface area (Å²) in [6.07, 6.45) is -0.974. The highest BCUT2D eigenvalue weighted by molar-refractivity contribution is 8.00. The Kier molecular flexibility index (Phi) is 6.63. The van der Waals surface area contributed by atoms with Crippen LogP contribution in [0.25, 0.3) is 0 Å². The van der Waals surface area contributed by atoms with Gasteiger partial charge in [0.05, 0.1) is 5.75 Å². The van der Waals surface area contributed by atoms with Crippen molar-refractivity contribution in [1.82, 2.24) is 0 Å². The summed E-state index contributed by atoms with van der Waals surface area (Å²) in [4.78, 5) is 24.1. The molecule has 0 bridgehead atoms. The molecule has 2 aromatic rings. The fourth-order valence-electron chi connectivity index (χ4n) is 1.79. The molecule has 126 valence electrons. The molecule has 0 saturated carbocycles. The highest BCUT2D eigenvalue weighted by Gasteiger charge is 2.18. The van der Waals surface area contributed by atoms with Gasteiger partial charge in [-0.2, -0.15) is 0 Å². The molecule has 7 heteroatoms. The van der Waals surface area contributed by atoms with Crippen LogP contribution in [-0.4, -0.2) is 23.7 Å². The Hall–Kier alpha value is -2.05. The molecule has 0 radical (unpaired) electrons. The van der Waals surface area contributed by atoms with E-state index in [1.807, 2.05) is 0 Å². The summed E-state index contributed by atoms with van der Waals surface area (Å²) in [5.74, 6) is -1.56. The van der Waals surface area contributed by atoms with Gasteiger partial charge in [0, 0.05) is 15.6 Å². The van der Waals surface area contributed by atoms with E-state index in [4.69, 9.17) is 16.3 Å². The van der Waals surface area contributed by atoms with E-state index in [0.29, 0.717) is 15.6 Å². The lowest BCUT2D eigenvalue weighted by molar-refractivity contribution is -0.150. The molecule has 1 amide bonds. The first-order valence-electron chi connectivity index (χ1n) is 7.09. The third-order valence-corrected chi connectivity index (χ3v) is 4.21. The molecule has 0 heterocycles. The Balaban J connectivity index is 1.82. The molecule has 2 aromatic carbocycles. The van der Waals surface area contributed by atoms with Crippen LogP contribution < -0.4 is 5.32 Å². The maximum absolute atomic E-state index is 13.5. The molecule has 0 unspecified atom stereocenters. The van der Waals surface area contributed by atoms with E-state index in [0.717, 1.165) is 11.8 Å². The number of ether oxygens (including phenoxy) is 1. The van der Waals surface area contributed by atoms with Gasteiger partial charge in [0.15, 0.2) is 6.10 Å². The normalized spacial score (nSPS) is 11.6. The molecule has 1 atom stereocenters. The summed E-state index contributed by atoms with van der Waals surface area (Å²) in [7, 11) is 0. The minimum Gasteiger partial charge on any atom is -0.452 e. The number of benzene rings is 2. The number of esters is 1. The number of halogens is 2. The fourth-order valence-corrected chi connectivity index (χ4v) is 2.71. The Bertz CT molecular complexity index is 741. The SMILES string of the molecule is C[C@@H](OC(=O)CSc1ccccc1F)C(=O)Nc1cccc(Cl)c1. The number of rotatable bonds is 6. The fraction of sp³-hybridized carbons (Fsp3) is 0.176. The van der Waals surface area contributed by atoms with Gasteiger partial charge in [0.25, 0.3) is 5.91 Å². The summed E-state index contributed by atoms with van der Waals surface area (Å²) in [6.45, 7) is 1.46. The highest BCUT2D eigenvalue weighted by atomic mass is 35.5. The van der Waals surface area contributed by atoms with Crippen molar-refractivity contribution in [2.75, 3.05) is 11.1 Å². The van der Waals surface area contributed by atoms with Gasteiger partial charge in [0.2, 0.25) is 0 Å². The van der Waals surface area contributed by atoms with Crippen LogP contribution in [0.4, 0.5) is 10.1 Å². The standard InChI is InChI=1S/C17H15ClFNO3S/c1-11(17(22)20-13-6-4-5-12(18)9-13)23-16(21)10-24-15-8-3-2-7-14(15)19/h2-9,11H,10H2,1H3,(H,20,22)/t11-/m1/s1. The van der Waals surface area contributed by atoms with Gasteiger partial charge < -0.3 is 10.1 Å². The molecule has 0 saturated heterocycles. The van der Waals surface area contributed by atoms with Crippen molar-refractivity contribution in [1.29, 1.82) is 0 Å². The van der Waals surface area contributed by atoms with Crippen LogP contribution in [0.3, 0.4) is 0 Å². The molecule has 0 aromatic heterocycles. The Morgan fingerprint density at radius 3 is 2.71 bits per heavy atom. The van der Waals surface area contributed by atoms with Crippen LogP contribution in [-0.2, 0) is 14.3 Å². The lowest BCUT2D eigenvalue weighted by Crippen LogP contribution is -2.30. The zero-order chi connectivity index (χ0) is 17.5. The molecule has 2 rings (SSSR count). The van der Waals surface area contributed by atoms with E-state index < -0.39 is 23.8 Å². The Morgan fingerprint density at radius 1 is 1.25 bits per heavy atom. The largest absolute Gasteiger partial charge is 0.452 e. The van der Waals surface area contributed by atoms with Gasteiger partial charge >= 0.3 is 5.97 Å². The van der Waals surface area contributed by atoms with Gasteiger partial charge in [-0.05, 0) is 37.3 Å². The second-order valence-electron chi connectivity index (χ2n) is 4.85. The maximum atomic E-state index is 13.5. The molecule has 0 aliphatic carbocycles. The Labute approximate surface area is 148 Å². The van der Waals surface area contributed by atoms with E-state index in [2.05, 4.69) is 5.32 Å². The molecular weight excluding hydrogens is 353 g/mol. The first-order chi connectivity index (χ1) is 11.5. The predicted octanol–water partition coefficient (Wildman–Crippen LogP) is 4.14. The minimum absolute atomic E-state index is 0.0876. The molecule has 1 N–H and O–H groups in total. The van der Waals surface area contributed by atoms with Crippen molar-refractivity contribution >= 4 is 40.9 Å². The molecule has 0 aliphatic heterocycles. The highest BCUT2D eigenvalue weighted by Crippen LogP contribution is 2.21. The van der Waals surface area contributed by atoms with Crippen molar-refractivity contribution in [3.8, 4) is 0 Å². The molecule has 4 nitrogen and oxygen atoms in total. The van der Waals surface area contributed by atoms with Crippen molar-refractivity contribution in [3.05, 3.63) is 59.4 Å². The average molecular weight is 368 g/mol. The molecule has 0 spiro atoms. The van der Waals surface area contributed by atoms with Gasteiger partial charge in [-0.25, -0.2) is 4.39 Å². The summed E-state index contributed by atoms with van der Waals surface area (Å²) in [6, 6.07) is 12.8. The number of anilines is 1. The van der Waals surface area contributed by atoms with E-state index in [1.165, 1.54) is 13.0 Å². The van der Waals surface area contributed by atoms with Crippen LogP contribution in [0.2, 0.25) is 5.02 Å². The smallest absolute Gasteiger partial charge is 0.317 e. The first-order valence-corrected chi connectivity index (χ1v) is 8.45. The van der Waals surface area contributed by atoms with Crippen LogP contribution in [0.5, 0.6) is 0 Å². The van der Waals surface area contributed by atoms with E-state index in [-0.39, 0.29) is 5.75 Å². The third-order valence-electron chi connectivity index (χ3n) is 2.95. The molecule has 0 fully saturated rings. The van der Waals surface area contributed by atoms with Gasteiger partial charge in [-0.3, -0.25) is 9.59 Å². The van der Waals surface area contributed by atoms with Gasteiger partial charge in [-0.15, -0.1) is 11.8 Å². The average Bonchev–Trinajstić information content (AvgIpc) is 2.54. The zero-order valence-corrected chi connectivity index (χ0v) is 14.4. The number of hydrogen-bond donors (Lipinski definition) is 1. The number of thioether (sulfide) groups is 1. The van der Waals surface area contributed by atoms with Gasteiger partial charge in [-0.1, -0.05) is 29.8 Å². The molecule has 0 aliphatic rings. The van der Waals surface area contributed by atoms with Crippen molar-refractivity contribution in [2.45, 2.75) is 17.9 Å². The number of amides is 1. The molecular formula is C17H15ClFNO3S. The van der Waals surface area contributed by atoms with Crippen LogP contribution in [0.15, 0.2) is 53.4 Å². The quantitative estimate of drug-likeness (QED) is 0.615. The number of carbonyl (C=O) groups is 2. The second-order valence-corrected chi connectivity index (χ2v) is 6.30. The Morgan fingerprint density at radius 2 is 2.00 bits per heavy atom. The van der Waals surface area contributed by atoms with E-state index >= 15 is 0 Å². The number of carbonyl (C=O) groups excluding carboxylic acids is 2. The lowest BCUT2D eigenvalue weighted by atomic mass is 10.3. The number of nitrogens with one attached hydrogen (secondary N) is 1. The number of hydrogen-bond acceptors (Lipinski definition) is 4. The van der Waals surface area contributed by atoms with Crippen LogP contribution in [0, 0.1) is 5.82 Å². The van der Waals surface area contributed by atoms with Crippen molar-refractivity contribution in [3.63, 3.8) is 0 Å². The summed E-state index contributed by atoms with van der Waals surface area (Å²) in [5.41, 5.74) is 0.510. The first kappa shape index (κ1) is 18.3. The van der Waals surface area contributed by atoms with Crippen molar-refractivity contribution in [2.24, 2.45) is 0 Å². The summed E-state index contributed by atoms with van der Waals surface area (Å²) >= 11 is 6.85. The minimum atomic E-state index is -0.974.